The smallest absolute Gasteiger partial charge is 0.191 e. The molecule has 0 aliphatic carbocycles. The summed E-state index contributed by atoms with van der Waals surface area (Å²) in [6.07, 6.45) is 2.02. The van der Waals surface area contributed by atoms with Gasteiger partial charge in [0.15, 0.2) is 5.96 Å². The first kappa shape index (κ1) is 23.2. The summed E-state index contributed by atoms with van der Waals surface area (Å²) in [5.41, 5.74) is 2.13. The van der Waals surface area contributed by atoms with E-state index in [1.165, 1.54) is 5.56 Å². The van der Waals surface area contributed by atoms with E-state index in [1.807, 2.05) is 49.4 Å². The van der Waals surface area contributed by atoms with Crippen molar-refractivity contribution in [1.29, 1.82) is 0 Å². The Morgan fingerprint density at radius 2 is 1.74 bits per heavy atom. The zero-order valence-corrected chi connectivity index (χ0v) is 18.1. The number of aryl methyl sites for hydroxylation is 1. The summed E-state index contributed by atoms with van der Waals surface area (Å²) in [5, 5.41) is 26.0. The van der Waals surface area contributed by atoms with Gasteiger partial charge >= 0.3 is 0 Å². The third-order valence-electron chi connectivity index (χ3n) is 4.07. The molecule has 0 spiro atoms. The predicted molar refractivity (Wildman–Crippen MR) is 122 cm³/mol. The molecule has 0 bridgehead atoms. The summed E-state index contributed by atoms with van der Waals surface area (Å²) in [6.45, 7) is 4.20. The van der Waals surface area contributed by atoms with Gasteiger partial charge in [0.1, 0.15) is 5.75 Å². The zero-order valence-electron chi connectivity index (χ0n) is 15.8. The van der Waals surface area contributed by atoms with Crippen LogP contribution in [0.15, 0.2) is 59.6 Å². The third-order valence-corrected chi connectivity index (χ3v) is 4.07. The van der Waals surface area contributed by atoms with Crippen molar-refractivity contribution in [3.8, 4) is 5.75 Å². The summed E-state index contributed by atoms with van der Waals surface area (Å²) < 4.78 is 0. The number of phenols is 1. The lowest BCUT2D eigenvalue weighted by Crippen LogP contribution is -2.38. The van der Waals surface area contributed by atoms with Gasteiger partial charge in [0.2, 0.25) is 0 Å². The molecular formula is C21H30IN3O2. The summed E-state index contributed by atoms with van der Waals surface area (Å²) in [5.74, 6) is 1.07. The van der Waals surface area contributed by atoms with Gasteiger partial charge in [-0.1, -0.05) is 42.5 Å². The van der Waals surface area contributed by atoms with E-state index in [-0.39, 0.29) is 24.0 Å². The molecule has 1 atom stereocenters. The van der Waals surface area contributed by atoms with Crippen LogP contribution in [0.1, 0.15) is 37.0 Å². The number of guanidine groups is 1. The van der Waals surface area contributed by atoms with Crippen LogP contribution >= 0.6 is 24.0 Å². The molecule has 4 N–H and O–H groups in total. The molecule has 5 nitrogen and oxygen atoms in total. The minimum atomic E-state index is -0.471. The lowest BCUT2D eigenvalue weighted by Gasteiger charge is -2.14. The molecule has 0 amide bonds. The van der Waals surface area contributed by atoms with Gasteiger partial charge in [-0.2, -0.15) is 0 Å². The van der Waals surface area contributed by atoms with Gasteiger partial charge in [0.05, 0.1) is 6.10 Å². The van der Waals surface area contributed by atoms with E-state index in [0.29, 0.717) is 18.7 Å². The summed E-state index contributed by atoms with van der Waals surface area (Å²) in [6, 6.07) is 17.0. The Hall–Kier alpha value is -1.80. The van der Waals surface area contributed by atoms with Gasteiger partial charge in [0, 0.05) is 19.6 Å². The number of rotatable bonds is 9. The van der Waals surface area contributed by atoms with Crippen LogP contribution in [0.4, 0.5) is 0 Å². The molecule has 27 heavy (non-hydrogen) atoms. The number of nitrogens with one attached hydrogen (secondary N) is 2. The molecule has 0 aliphatic rings. The minimum absolute atomic E-state index is 0. The summed E-state index contributed by atoms with van der Waals surface area (Å²) in [7, 11) is 0. The maximum absolute atomic E-state index is 10.2. The van der Waals surface area contributed by atoms with Crippen LogP contribution in [0.3, 0.4) is 0 Å². The Balaban J connectivity index is 0.00000364. The third kappa shape index (κ3) is 9.10. The lowest BCUT2D eigenvalue weighted by atomic mass is 10.1. The Bertz CT molecular complexity index is 663. The number of phenolic OH excluding ortho intramolecular Hbond substituents is 1. The number of aromatic hydroxyl groups is 1. The minimum Gasteiger partial charge on any atom is -0.508 e. The highest BCUT2D eigenvalue weighted by Gasteiger charge is 2.06. The Morgan fingerprint density at radius 1 is 1.04 bits per heavy atom. The molecular weight excluding hydrogens is 453 g/mol. The van der Waals surface area contributed by atoms with Crippen LogP contribution in [0.5, 0.6) is 5.75 Å². The van der Waals surface area contributed by atoms with E-state index < -0.39 is 6.10 Å². The number of benzene rings is 2. The monoisotopic (exact) mass is 483 g/mol. The summed E-state index contributed by atoms with van der Waals surface area (Å²) in [4.78, 5) is 4.58. The van der Waals surface area contributed by atoms with E-state index in [2.05, 4.69) is 15.6 Å². The standard InChI is InChI=1S/C21H29N3O2.HI/c1-2-22-21(23-15-6-7-17-10-12-19(25)13-11-17)24-16-14-20(26)18-8-4-3-5-9-18;/h3-5,8-13,20,25-26H,2,6-7,14-16H2,1H3,(H2,22,23,24);1H. The van der Waals surface area contributed by atoms with Gasteiger partial charge in [-0.15, -0.1) is 24.0 Å². The molecule has 0 fully saturated rings. The average Bonchev–Trinajstić information content (AvgIpc) is 2.67. The average molecular weight is 483 g/mol. The second-order valence-electron chi connectivity index (χ2n) is 6.17. The number of hydrogen-bond acceptors (Lipinski definition) is 3. The Kier molecular flexibility index (Phi) is 11.5. The fraction of sp³-hybridized carbons (Fsp3) is 0.381. The van der Waals surface area contributed by atoms with Gasteiger partial charge in [-0.05, 0) is 49.4 Å². The van der Waals surface area contributed by atoms with Crippen molar-refractivity contribution < 1.29 is 10.2 Å². The number of halogens is 1. The quantitative estimate of drug-likeness (QED) is 0.190. The molecule has 1 unspecified atom stereocenters. The van der Waals surface area contributed by atoms with Crippen LogP contribution in [0, 0.1) is 0 Å². The van der Waals surface area contributed by atoms with Crippen LogP contribution in [-0.2, 0) is 6.42 Å². The second-order valence-corrected chi connectivity index (χ2v) is 6.17. The highest BCUT2D eigenvalue weighted by atomic mass is 127. The molecule has 0 heterocycles. The SMILES string of the molecule is CCNC(=NCCCc1ccc(O)cc1)NCCC(O)c1ccccc1.I. The second kappa shape index (κ2) is 13.4. The van der Waals surface area contributed by atoms with E-state index >= 15 is 0 Å². The Morgan fingerprint density at radius 3 is 2.41 bits per heavy atom. The van der Waals surface area contributed by atoms with Crippen LogP contribution in [-0.4, -0.2) is 35.8 Å². The molecule has 148 valence electrons. The van der Waals surface area contributed by atoms with E-state index in [1.54, 1.807) is 12.1 Å². The maximum atomic E-state index is 10.2. The normalized spacial score (nSPS) is 12.1. The number of aliphatic hydroxyl groups excluding tert-OH is 1. The van der Waals surface area contributed by atoms with E-state index in [0.717, 1.165) is 37.5 Å². The van der Waals surface area contributed by atoms with Crippen molar-refractivity contribution >= 4 is 29.9 Å². The largest absolute Gasteiger partial charge is 0.508 e. The van der Waals surface area contributed by atoms with Crippen molar-refractivity contribution in [1.82, 2.24) is 10.6 Å². The Labute approximate surface area is 179 Å². The van der Waals surface area contributed by atoms with Crippen molar-refractivity contribution in [2.75, 3.05) is 19.6 Å². The first-order chi connectivity index (χ1) is 12.7. The van der Waals surface area contributed by atoms with Gasteiger partial charge in [0.25, 0.3) is 0 Å². The van der Waals surface area contributed by atoms with E-state index in [9.17, 15) is 10.2 Å². The highest BCUT2D eigenvalue weighted by molar-refractivity contribution is 14.0. The number of nitrogens with zero attached hydrogens (tertiary/aromatic N) is 1. The molecule has 0 radical (unpaired) electrons. The van der Waals surface area contributed by atoms with Crippen LogP contribution in [0.25, 0.3) is 0 Å². The summed E-state index contributed by atoms with van der Waals surface area (Å²) >= 11 is 0. The maximum Gasteiger partial charge on any atom is 0.191 e. The molecule has 2 aromatic carbocycles. The van der Waals surface area contributed by atoms with E-state index in [4.69, 9.17) is 0 Å². The fourth-order valence-electron chi connectivity index (χ4n) is 2.65. The topological polar surface area (TPSA) is 76.9 Å². The van der Waals surface area contributed by atoms with Crippen molar-refractivity contribution in [2.45, 2.75) is 32.3 Å². The molecule has 0 saturated heterocycles. The molecule has 2 aromatic rings. The first-order valence-corrected chi connectivity index (χ1v) is 9.22. The molecule has 0 saturated carbocycles. The lowest BCUT2D eigenvalue weighted by molar-refractivity contribution is 0.168. The van der Waals surface area contributed by atoms with Crippen LogP contribution in [0.2, 0.25) is 0 Å². The molecule has 6 heteroatoms. The number of aliphatic imine (C=N–C) groups is 1. The number of aliphatic hydroxyl groups is 1. The molecule has 2 rings (SSSR count). The zero-order chi connectivity index (χ0) is 18.6. The molecule has 0 aromatic heterocycles. The predicted octanol–water partition coefficient (Wildman–Crippen LogP) is 3.62. The first-order valence-electron chi connectivity index (χ1n) is 9.22. The van der Waals surface area contributed by atoms with Gasteiger partial charge in [-0.3, -0.25) is 4.99 Å². The van der Waals surface area contributed by atoms with Crippen molar-refractivity contribution in [3.63, 3.8) is 0 Å². The van der Waals surface area contributed by atoms with Crippen molar-refractivity contribution in [2.24, 2.45) is 4.99 Å². The van der Waals surface area contributed by atoms with Crippen molar-refractivity contribution in [3.05, 3.63) is 65.7 Å². The fourth-order valence-corrected chi connectivity index (χ4v) is 2.65. The molecule has 0 aliphatic heterocycles. The van der Waals surface area contributed by atoms with Gasteiger partial charge < -0.3 is 20.8 Å². The van der Waals surface area contributed by atoms with Gasteiger partial charge in [-0.25, -0.2) is 0 Å². The highest BCUT2D eigenvalue weighted by Crippen LogP contribution is 2.14. The number of hydrogen-bond donors (Lipinski definition) is 4. The van der Waals surface area contributed by atoms with Crippen LogP contribution < -0.4 is 10.6 Å².